The highest BCUT2D eigenvalue weighted by Gasteiger charge is 2.44. The van der Waals surface area contributed by atoms with Crippen molar-refractivity contribution in [2.45, 2.75) is 223 Å². The van der Waals surface area contributed by atoms with Crippen molar-refractivity contribution in [3.8, 4) is 0 Å². The zero-order chi connectivity index (χ0) is 40.5. The Morgan fingerprint density at radius 1 is 0.655 bits per heavy atom. The van der Waals surface area contributed by atoms with Crippen LogP contribution in [0.5, 0.6) is 0 Å². The van der Waals surface area contributed by atoms with E-state index in [1.54, 1.807) is 0 Å². The van der Waals surface area contributed by atoms with E-state index in [2.05, 4.69) is 42.6 Å². The molecule has 11 heteroatoms. The Kier molecular flexibility index (Phi) is 32.1. The fourth-order valence-corrected chi connectivity index (χ4v) is 6.83. The molecule has 1 heterocycles. The fourth-order valence-electron chi connectivity index (χ4n) is 6.83. The number of allylic oxidation sites excluding steroid dienone is 6. The van der Waals surface area contributed by atoms with Gasteiger partial charge in [-0.25, -0.2) is 0 Å². The van der Waals surface area contributed by atoms with Gasteiger partial charge in [-0.3, -0.25) is 4.79 Å². The molecular weight excluding hydrogens is 702 g/mol. The van der Waals surface area contributed by atoms with Gasteiger partial charge in [0.15, 0.2) is 6.29 Å². The average molecular weight is 784 g/mol. The van der Waals surface area contributed by atoms with Crippen LogP contribution < -0.4 is 5.32 Å². The molecule has 0 aromatic rings. The molecule has 322 valence electrons. The molecule has 9 unspecified atom stereocenters. The number of carbonyl (C=O) groups is 1. The maximum Gasteiger partial charge on any atom is 0.249 e. The first-order valence-corrected chi connectivity index (χ1v) is 21.9. The van der Waals surface area contributed by atoms with Gasteiger partial charge in [0.25, 0.3) is 0 Å². The van der Waals surface area contributed by atoms with Crippen LogP contribution in [0.3, 0.4) is 0 Å². The molecule has 55 heavy (non-hydrogen) atoms. The molecule has 0 aromatic carbocycles. The van der Waals surface area contributed by atoms with Crippen molar-refractivity contribution in [3.05, 3.63) is 36.5 Å². The Morgan fingerprint density at radius 3 is 1.65 bits per heavy atom. The molecule has 8 N–H and O–H groups in total. The normalized spacial score (nSPS) is 22.8. The van der Waals surface area contributed by atoms with Crippen LogP contribution in [0.1, 0.15) is 168 Å². The summed E-state index contributed by atoms with van der Waals surface area (Å²) >= 11 is 0. The van der Waals surface area contributed by atoms with E-state index in [1.165, 1.54) is 77.0 Å². The van der Waals surface area contributed by atoms with Gasteiger partial charge in [0, 0.05) is 0 Å². The number of nitrogens with one attached hydrogen (secondary N) is 1. The van der Waals surface area contributed by atoms with E-state index in [4.69, 9.17) is 9.47 Å². The molecule has 1 fully saturated rings. The van der Waals surface area contributed by atoms with Gasteiger partial charge in [-0.15, -0.1) is 0 Å². The van der Waals surface area contributed by atoms with Gasteiger partial charge in [0.05, 0.1) is 25.4 Å². The second kappa shape index (κ2) is 34.4. The minimum Gasteiger partial charge on any atom is -0.394 e. The van der Waals surface area contributed by atoms with Gasteiger partial charge >= 0.3 is 0 Å². The molecule has 0 radical (unpaired) electrons. The number of carbonyl (C=O) groups excluding carboxylic acids is 1. The van der Waals surface area contributed by atoms with Crippen molar-refractivity contribution in [3.63, 3.8) is 0 Å². The summed E-state index contributed by atoms with van der Waals surface area (Å²) < 4.78 is 11.0. The zero-order valence-electron chi connectivity index (χ0n) is 34.4. The lowest BCUT2D eigenvalue weighted by atomic mass is 9.98. The third-order valence-corrected chi connectivity index (χ3v) is 10.5. The Balaban J connectivity index is 2.50. The topological polar surface area (TPSA) is 189 Å². The monoisotopic (exact) mass is 784 g/mol. The smallest absolute Gasteiger partial charge is 0.249 e. The van der Waals surface area contributed by atoms with E-state index >= 15 is 0 Å². The van der Waals surface area contributed by atoms with E-state index in [0.717, 1.165) is 44.9 Å². The third kappa shape index (κ3) is 24.7. The van der Waals surface area contributed by atoms with Crippen molar-refractivity contribution in [2.75, 3.05) is 13.2 Å². The Bertz CT molecular complexity index is 992. The number of ether oxygens (including phenoxy) is 2. The van der Waals surface area contributed by atoms with E-state index in [1.807, 2.05) is 13.0 Å². The Labute approximate surface area is 333 Å². The second-order valence-electron chi connectivity index (χ2n) is 15.4. The summed E-state index contributed by atoms with van der Waals surface area (Å²) in [7, 11) is 0. The summed E-state index contributed by atoms with van der Waals surface area (Å²) in [5.74, 6) is -0.714. The third-order valence-electron chi connectivity index (χ3n) is 10.5. The van der Waals surface area contributed by atoms with Crippen LogP contribution in [0.4, 0.5) is 0 Å². The van der Waals surface area contributed by atoms with Crippen molar-refractivity contribution >= 4 is 5.91 Å². The number of amides is 1. The summed E-state index contributed by atoms with van der Waals surface area (Å²) in [6, 6.07) is -1.19. The SMILES string of the molecule is C/C=C/CC/C=C/CC/C=C/CCCC(O)C(O)C(COC1OC(CO)C(O)C(O)C1O)NC(=O)C(O)CCCCCCCCCCCCCCCCCC. The summed E-state index contributed by atoms with van der Waals surface area (Å²) in [5.41, 5.74) is 0. The number of hydrogen-bond donors (Lipinski definition) is 8. The van der Waals surface area contributed by atoms with Gasteiger partial charge in [-0.05, 0) is 58.3 Å². The van der Waals surface area contributed by atoms with Gasteiger partial charge in [-0.2, -0.15) is 0 Å². The zero-order valence-corrected chi connectivity index (χ0v) is 34.4. The predicted molar refractivity (Wildman–Crippen MR) is 219 cm³/mol. The van der Waals surface area contributed by atoms with E-state index < -0.39 is 74.2 Å². The molecule has 1 saturated heterocycles. The van der Waals surface area contributed by atoms with Crippen LogP contribution in [-0.2, 0) is 14.3 Å². The van der Waals surface area contributed by atoms with Crippen LogP contribution in [0.2, 0.25) is 0 Å². The number of hydrogen-bond acceptors (Lipinski definition) is 10. The summed E-state index contributed by atoms with van der Waals surface area (Å²) in [6.45, 7) is 3.18. The van der Waals surface area contributed by atoms with Crippen molar-refractivity contribution in [1.29, 1.82) is 0 Å². The largest absolute Gasteiger partial charge is 0.394 e. The van der Waals surface area contributed by atoms with Crippen molar-refractivity contribution in [2.24, 2.45) is 0 Å². The summed E-state index contributed by atoms with van der Waals surface area (Å²) in [6.07, 6.45) is 26.4. The predicted octanol–water partition coefficient (Wildman–Crippen LogP) is 6.44. The molecule has 0 aliphatic carbocycles. The number of aliphatic hydroxyl groups excluding tert-OH is 7. The number of rotatable bonds is 35. The molecule has 1 amide bonds. The average Bonchev–Trinajstić information content (AvgIpc) is 3.18. The second-order valence-corrected chi connectivity index (χ2v) is 15.4. The number of aliphatic hydroxyl groups is 7. The molecule has 11 nitrogen and oxygen atoms in total. The van der Waals surface area contributed by atoms with E-state index in [0.29, 0.717) is 19.3 Å². The van der Waals surface area contributed by atoms with Crippen molar-refractivity contribution in [1.82, 2.24) is 5.32 Å². The van der Waals surface area contributed by atoms with Crippen LogP contribution in [0, 0.1) is 0 Å². The maximum atomic E-state index is 13.0. The lowest BCUT2D eigenvalue weighted by Gasteiger charge is -2.40. The highest BCUT2D eigenvalue weighted by molar-refractivity contribution is 5.80. The molecule has 1 rings (SSSR count). The Morgan fingerprint density at radius 2 is 1.15 bits per heavy atom. The Hall–Kier alpha value is -1.67. The quantitative estimate of drug-likeness (QED) is 0.0262. The van der Waals surface area contributed by atoms with Crippen LogP contribution in [0.15, 0.2) is 36.5 Å². The first-order chi connectivity index (χ1) is 26.7. The molecule has 0 bridgehead atoms. The van der Waals surface area contributed by atoms with E-state index in [-0.39, 0.29) is 12.8 Å². The minimum atomic E-state index is -1.67. The summed E-state index contributed by atoms with van der Waals surface area (Å²) in [5, 5.41) is 75.4. The van der Waals surface area contributed by atoms with Crippen molar-refractivity contribution < 1.29 is 50.0 Å². The fraction of sp³-hybridized carbons (Fsp3) is 0.841. The van der Waals surface area contributed by atoms with E-state index in [9.17, 15) is 40.5 Å². The lowest BCUT2D eigenvalue weighted by molar-refractivity contribution is -0.303. The van der Waals surface area contributed by atoms with Crippen LogP contribution >= 0.6 is 0 Å². The first kappa shape index (κ1) is 51.3. The molecule has 1 aliphatic rings. The highest BCUT2D eigenvalue weighted by Crippen LogP contribution is 2.23. The van der Waals surface area contributed by atoms with Gasteiger partial charge in [0.2, 0.25) is 5.91 Å². The first-order valence-electron chi connectivity index (χ1n) is 21.9. The standard InChI is InChI=1S/C44H81NO10/c1-3-5-7-9-11-13-15-17-18-19-20-22-24-26-28-30-32-37(48)43(53)45-35(34-54-44-42(52)41(51)40(50)38(33-46)55-44)39(49)36(47)31-29-27-25-23-21-16-14-12-10-8-6-4-2/h4,6,12,14,23,25,35-42,44,46-52H,3,5,7-11,13,15-22,24,26-34H2,1-2H3,(H,45,53)/b6-4+,14-12+,25-23+. The molecular formula is C44H81NO10. The van der Waals surface area contributed by atoms with Gasteiger partial charge in [-0.1, -0.05) is 146 Å². The molecule has 0 spiro atoms. The van der Waals surface area contributed by atoms with Gasteiger partial charge in [0.1, 0.15) is 36.6 Å². The lowest BCUT2D eigenvalue weighted by Crippen LogP contribution is -2.60. The molecule has 0 saturated carbocycles. The highest BCUT2D eigenvalue weighted by atomic mass is 16.7. The van der Waals surface area contributed by atoms with Gasteiger partial charge < -0.3 is 50.5 Å². The minimum absolute atomic E-state index is 0.241. The summed E-state index contributed by atoms with van der Waals surface area (Å²) in [4.78, 5) is 13.0. The molecule has 1 aliphatic heterocycles. The molecule has 0 aromatic heterocycles. The number of unbranched alkanes of at least 4 members (excludes halogenated alkanes) is 18. The maximum absolute atomic E-state index is 13.0. The van der Waals surface area contributed by atoms with Crippen LogP contribution in [-0.4, -0.2) is 110 Å². The van der Waals surface area contributed by atoms with Crippen LogP contribution in [0.25, 0.3) is 0 Å². The molecule has 9 atom stereocenters.